The number of allylic oxidation sites excluding steroid dienone is 1. The highest BCUT2D eigenvalue weighted by molar-refractivity contribution is 6.42. The number of fused-ring (bicyclic) bond motifs is 3. The van der Waals surface area contributed by atoms with Gasteiger partial charge >= 0.3 is 5.97 Å². The van der Waals surface area contributed by atoms with E-state index in [9.17, 15) is 4.79 Å². The molecule has 4 aromatic rings. The van der Waals surface area contributed by atoms with Gasteiger partial charge in [0.2, 0.25) is 0 Å². The van der Waals surface area contributed by atoms with Gasteiger partial charge in [-0.05, 0) is 40.6 Å². The van der Waals surface area contributed by atoms with Crippen molar-refractivity contribution in [2.24, 2.45) is 0 Å². The van der Waals surface area contributed by atoms with Crippen LogP contribution >= 0.6 is 23.2 Å². The summed E-state index contributed by atoms with van der Waals surface area (Å²) in [6.07, 6.45) is 2.80. The number of hydrogen-bond acceptors (Lipinski definition) is 1. The first kappa shape index (κ1) is 17.7. The van der Waals surface area contributed by atoms with Gasteiger partial charge in [-0.3, -0.25) is 0 Å². The number of benzene rings is 3. The molecule has 134 valence electrons. The molecule has 0 aliphatic rings. The molecule has 3 aromatic carbocycles. The lowest BCUT2D eigenvalue weighted by molar-refractivity contribution is -0.131. The van der Waals surface area contributed by atoms with Gasteiger partial charge in [-0.25, -0.2) is 4.79 Å². The number of halogens is 2. The van der Waals surface area contributed by atoms with Crippen LogP contribution in [0.15, 0.2) is 72.8 Å². The van der Waals surface area contributed by atoms with Crippen molar-refractivity contribution in [1.29, 1.82) is 0 Å². The lowest BCUT2D eigenvalue weighted by atomic mass is 10.1. The highest BCUT2D eigenvalue weighted by Crippen LogP contribution is 2.35. The molecule has 1 heterocycles. The largest absolute Gasteiger partial charge is 0.478 e. The van der Waals surface area contributed by atoms with Crippen LogP contribution in [0.5, 0.6) is 0 Å². The number of rotatable bonds is 4. The first-order chi connectivity index (χ1) is 13.0. The SMILES string of the molecule is O=C(O)/C=C/Cn1c(-c2ccc(Cl)c(Cl)c2)cc2c3ccccc3ccc21. The number of carbonyl (C=O) groups is 1. The van der Waals surface area contributed by atoms with Crippen LogP contribution in [-0.2, 0) is 11.3 Å². The van der Waals surface area contributed by atoms with Crippen molar-refractivity contribution in [1.82, 2.24) is 4.57 Å². The Kier molecular flexibility index (Phi) is 4.65. The van der Waals surface area contributed by atoms with Crippen molar-refractivity contribution < 1.29 is 9.90 Å². The summed E-state index contributed by atoms with van der Waals surface area (Å²) >= 11 is 12.3. The van der Waals surface area contributed by atoms with E-state index < -0.39 is 5.97 Å². The molecule has 3 nitrogen and oxygen atoms in total. The molecule has 0 radical (unpaired) electrons. The van der Waals surface area contributed by atoms with Gasteiger partial charge < -0.3 is 9.67 Å². The zero-order valence-electron chi connectivity index (χ0n) is 14.2. The second-order valence-corrected chi connectivity index (χ2v) is 7.04. The van der Waals surface area contributed by atoms with Crippen molar-refractivity contribution in [3.8, 4) is 11.3 Å². The summed E-state index contributed by atoms with van der Waals surface area (Å²) in [5.41, 5.74) is 2.91. The van der Waals surface area contributed by atoms with Gasteiger partial charge in [-0.2, -0.15) is 0 Å². The molecule has 0 bridgehead atoms. The van der Waals surface area contributed by atoms with Crippen LogP contribution in [0.1, 0.15) is 0 Å². The fourth-order valence-electron chi connectivity index (χ4n) is 3.37. The van der Waals surface area contributed by atoms with Crippen molar-refractivity contribution in [3.63, 3.8) is 0 Å². The summed E-state index contributed by atoms with van der Waals surface area (Å²) in [6.45, 7) is 0.434. The molecule has 0 spiro atoms. The quantitative estimate of drug-likeness (QED) is 0.405. The molecular weight excluding hydrogens is 381 g/mol. The minimum atomic E-state index is -0.965. The summed E-state index contributed by atoms with van der Waals surface area (Å²) < 4.78 is 2.08. The Hall–Kier alpha value is -2.75. The number of carboxylic acids is 1. The fraction of sp³-hybridized carbons (Fsp3) is 0.0455. The van der Waals surface area contributed by atoms with Gasteiger partial charge in [0.05, 0.1) is 10.0 Å². The first-order valence-electron chi connectivity index (χ1n) is 8.40. The molecule has 5 heteroatoms. The highest BCUT2D eigenvalue weighted by atomic mass is 35.5. The Bertz CT molecular complexity index is 1210. The zero-order valence-corrected chi connectivity index (χ0v) is 15.7. The average molecular weight is 396 g/mol. The monoisotopic (exact) mass is 395 g/mol. The molecular formula is C22H15Cl2NO2. The molecule has 4 rings (SSSR count). The second-order valence-electron chi connectivity index (χ2n) is 6.23. The maximum Gasteiger partial charge on any atom is 0.328 e. The predicted molar refractivity (Wildman–Crippen MR) is 112 cm³/mol. The molecule has 0 aliphatic carbocycles. The normalized spacial score (nSPS) is 11.6. The average Bonchev–Trinajstić information content (AvgIpc) is 3.03. The Labute approximate surface area is 166 Å². The van der Waals surface area contributed by atoms with Crippen molar-refractivity contribution in [3.05, 3.63) is 82.9 Å². The third-order valence-electron chi connectivity index (χ3n) is 4.57. The van der Waals surface area contributed by atoms with Crippen LogP contribution in [0.25, 0.3) is 32.9 Å². The maximum atomic E-state index is 10.9. The number of aromatic nitrogens is 1. The van der Waals surface area contributed by atoms with E-state index in [1.807, 2.05) is 24.3 Å². The Morgan fingerprint density at radius 2 is 1.78 bits per heavy atom. The first-order valence-corrected chi connectivity index (χ1v) is 9.16. The summed E-state index contributed by atoms with van der Waals surface area (Å²) in [6, 6.07) is 20.0. The van der Waals surface area contributed by atoms with E-state index in [1.54, 1.807) is 12.1 Å². The molecule has 0 saturated carbocycles. The maximum absolute atomic E-state index is 10.9. The minimum absolute atomic E-state index is 0.434. The lowest BCUT2D eigenvalue weighted by Gasteiger charge is -2.10. The summed E-state index contributed by atoms with van der Waals surface area (Å²) in [5, 5.41) is 13.3. The van der Waals surface area contributed by atoms with Gasteiger partial charge in [0.1, 0.15) is 0 Å². The molecule has 0 unspecified atom stereocenters. The molecule has 0 aliphatic heterocycles. The summed E-state index contributed by atoms with van der Waals surface area (Å²) in [7, 11) is 0. The van der Waals surface area contributed by atoms with E-state index in [4.69, 9.17) is 28.3 Å². The molecule has 0 fully saturated rings. The van der Waals surface area contributed by atoms with Crippen LogP contribution in [0.3, 0.4) is 0 Å². The van der Waals surface area contributed by atoms with Gasteiger partial charge in [0, 0.05) is 29.2 Å². The minimum Gasteiger partial charge on any atom is -0.478 e. The second kappa shape index (κ2) is 7.10. The smallest absolute Gasteiger partial charge is 0.328 e. The third-order valence-corrected chi connectivity index (χ3v) is 5.31. The number of carboxylic acid groups (broad SMARTS) is 1. The fourth-order valence-corrected chi connectivity index (χ4v) is 3.66. The van der Waals surface area contributed by atoms with E-state index in [0.717, 1.165) is 39.0 Å². The van der Waals surface area contributed by atoms with E-state index in [-0.39, 0.29) is 0 Å². The van der Waals surface area contributed by atoms with Crippen molar-refractivity contribution in [2.45, 2.75) is 6.54 Å². The van der Waals surface area contributed by atoms with E-state index in [1.165, 1.54) is 0 Å². The molecule has 1 aromatic heterocycles. The molecule has 1 N–H and O–H groups in total. The highest BCUT2D eigenvalue weighted by Gasteiger charge is 2.13. The molecule has 0 amide bonds. The Balaban J connectivity index is 1.98. The predicted octanol–water partition coefficient (Wildman–Crippen LogP) is 6.41. The van der Waals surface area contributed by atoms with Crippen LogP contribution in [0, 0.1) is 0 Å². The standard InChI is InChI=1S/C22H15Cl2NO2/c23-18-9-7-15(12-19(18)24)21-13-17-16-5-2-1-4-14(16)8-10-20(17)25(21)11-3-6-22(26)27/h1-10,12-13H,11H2,(H,26,27)/b6-3+. The van der Waals surface area contributed by atoms with E-state index in [2.05, 4.69) is 34.9 Å². The van der Waals surface area contributed by atoms with Crippen LogP contribution in [-0.4, -0.2) is 15.6 Å². The molecule has 0 saturated heterocycles. The van der Waals surface area contributed by atoms with Gasteiger partial charge in [-0.1, -0.05) is 65.7 Å². The number of aliphatic carboxylic acids is 1. The third kappa shape index (κ3) is 3.32. The van der Waals surface area contributed by atoms with Gasteiger partial charge in [-0.15, -0.1) is 0 Å². The van der Waals surface area contributed by atoms with Crippen LogP contribution in [0.2, 0.25) is 10.0 Å². The number of nitrogens with zero attached hydrogens (tertiary/aromatic N) is 1. The number of hydrogen-bond donors (Lipinski definition) is 1. The van der Waals surface area contributed by atoms with Crippen LogP contribution in [0.4, 0.5) is 0 Å². The zero-order chi connectivity index (χ0) is 19.0. The Morgan fingerprint density at radius 3 is 2.56 bits per heavy atom. The Morgan fingerprint density at radius 1 is 0.963 bits per heavy atom. The van der Waals surface area contributed by atoms with Gasteiger partial charge in [0.15, 0.2) is 0 Å². The summed E-state index contributed by atoms with van der Waals surface area (Å²) in [4.78, 5) is 10.9. The van der Waals surface area contributed by atoms with Gasteiger partial charge in [0.25, 0.3) is 0 Å². The molecule has 0 atom stereocenters. The van der Waals surface area contributed by atoms with Crippen molar-refractivity contribution in [2.75, 3.05) is 0 Å². The van der Waals surface area contributed by atoms with Crippen LogP contribution < -0.4 is 0 Å². The van der Waals surface area contributed by atoms with E-state index >= 15 is 0 Å². The topological polar surface area (TPSA) is 42.2 Å². The van der Waals surface area contributed by atoms with Crippen molar-refractivity contribution >= 4 is 50.8 Å². The molecule has 27 heavy (non-hydrogen) atoms. The lowest BCUT2D eigenvalue weighted by Crippen LogP contribution is -1.99. The van der Waals surface area contributed by atoms with E-state index in [0.29, 0.717) is 16.6 Å². The summed E-state index contributed by atoms with van der Waals surface area (Å²) in [5.74, 6) is -0.965.